The van der Waals surface area contributed by atoms with Crippen molar-refractivity contribution in [2.45, 2.75) is 32.1 Å². The second kappa shape index (κ2) is 3.22. The van der Waals surface area contributed by atoms with Crippen LogP contribution in [-0.2, 0) is 9.53 Å². The summed E-state index contributed by atoms with van der Waals surface area (Å²) in [6.45, 7) is 3.60. The van der Waals surface area contributed by atoms with E-state index < -0.39 is 0 Å². The highest BCUT2D eigenvalue weighted by atomic mass is 35.5. The summed E-state index contributed by atoms with van der Waals surface area (Å²) in [4.78, 5) is 13.4. The predicted molar refractivity (Wildman–Crippen MR) is 61.7 cm³/mol. The molecule has 1 saturated heterocycles. The minimum Gasteiger partial charge on any atom is -0.362 e. The Labute approximate surface area is 98.9 Å². The Hall–Kier alpha value is -1.06. The summed E-state index contributed by atoms with van der Waals surface area (Å²) in [7, 11) is 0. The van der Waals surface area contributed by atoms with E-state index in [2.05, 4.69) is 0 Å². The van der Waals surface area contributed by atoms with Crippen molar-refractivity contribution in [3.63, 3.8) is 0 Å². The molecule has 3 nitrogen and oxygen atoms in total. The number of rotatable bonds is 0. The SMILES string of the molecule is CC(=O)N1c2ccc(Cl)cc2[C@@H]2O[C@H]2[C@H]1C. The second-order valence-electron chi connectivity index (χ2n) is 4.35. The van der Waals surface area contributed by atoms with E-state index in [1.54, 1.807) is 11.8 Å². The van der Waals surface area contributed by atoms with Gasteiger partial charge in [-0.3, -0.25) is 4.79 Å². The molecule has 2 heterocycles. The minimum atomic E-state index is 0.0463. The van der Waals surface area contributed by atoms with Crippen LogP contribution < -0.4 is 4.90 Å². The third-order valence-electron chi connectivity index (χ3n) is 3.30. The molecule has 3 rings (SSSR count). The Balaban J connectivity index is 2.15. The van der Waals surface area contributed by atoms with Gasteiger partial charge in [-0.2, -0.15) is 0 Å². The summed E-state index contributed by atoms with van der Waals surface area (Å²) in [5.41, 5.74) is 1.97. The molecule has 1 aromatic carbocycles. The number of hydrogen-bond acceptors (Lipinski definition) is 2. The van der Waals surface area contributed by atoms with E-state index in [0.29, 0.717) is 5.02 Å². The van der Waals surface area contributed by atoms with E-state index >= 15 is 0 Å². The number of epoxide rings is 1. The molecule has 2 aliphatic heterocycles. The first-order valence-corrected chi connectivity index (χ1v) is 5.72. The number of ether oxygens (including phenoxy) is 1. The topological polar surface area (TPSA) is 32.8 Å². The van der Waals surface area contributed by atoms with Gasteiger partial charge in [0.25, 0.3) is 0 Å². The fraction of sp³-hybridized carbons (Fsp3) is 0.417. The summed E-state index contributed by atoms with van der Waals surface area (Å²) in [5.74, 6) is 0.0463. The first kappa shape index (κ1) is 10.1. The van der Waals surface area contributed by atoms with Crippen LogP contribution in [0.1, 0.15) is 25.5 Å². The van der Waals surface area contributed by atoms with Crippen molar-refractivity contribution in [1.29, 1.82) is 0 Å². The lowest BCUT2D eigenvalue weighted by Gasteiger charge is -2.32. The lowest BCUT2D eigenvalue weighted by molar-refractivity contribution is -0.117. The first-order valence-electron chi connectivity index (χ1n) is 5.34. The van der Waals surface area contributed by atoms with Crippen LogP contribution in [0.4, 0.5) is 5.69 Å². The lowest BCUT2D eigenvalue weighted by atomic mass is 9.96. The van der Waals surface area contributed by atoms with E-state index in [9.17, 15) is 4.79 Å². The Morgan fingerprint density at radius 3 is 2.94 bits per heavy atom. The zero-order valence-electron chi connectivity index (χ0n) is 9.11. The summed E-state index contributed by atoms with van der Waals surface area (Å²) >= 11 is 5.97. The molecule has 84 valence electrons. The summed E-state index contributed by atoms with van der Waals surface area (Å²) in [6.07, 6.45) is 0.258. The molecule has 0 bridgehead atoms. The molecule has 16 heavy (non-hydrogen) atoms. The van der Waals surface area contributed by atoms with E-state index in [1.165, 1.54) is 0 Å². The van der Waals surface area contributed by atoms with Crippen LogP contribution in [0.25, 0.3) is 0 Å². The standard InChI is InChI=1S/C12H12ClNO2/c1-6-11-12(16-11)9-5-8(13)3-4-10(9)14(6)7(2)15/h3-6,11-12H,1-2H3/t6-,11+,12+/m1/s1. The van der Waals surface area contributed by atoms with Crippen molar-refractivity contribution >= 4 is 23.2 Å². The molecule has 2 aliphatic rings. The quantitative estimate of drug-likeness (QED) is 0.650. The van der Waals surface area contributed by atoms with Gasteiger partial charge >= 0.3 is 0 Å². The lowest BCUT2D eigenvalue weighted by Crippen LogP contribution is -2.43. The molecule has 0 unspecified atom stereocenters. The van der Waals surface area contributed by atoms with Gasteiger partial charge in [-0.1, -0.05) is 11.6 Å². The number of carbonyl (C=O) groups excluding carboxylic acids is 1. The molecule has 1 amide bonds. The van der Waals surface area contributed by atoms with Gasteiger partial charge in [-0.15, -0.1) is 0 Å². The van der Waals surface area contributed by atoms with Crippen LogP contribution in [0.3, 0.4) is 0 Å². The van der Waals surface area contributed by atoms with Gasteiger partial charge in [0.2, 0.25) is 5.91 Å². The molecule has 0 aliphatic carbocycles. The van der Waals surface area contributed by atoms with Gasteiger partial charge in [0, 0.05) is 17.5 Å². The van der Waals surface area contributed by atoms with Crippen molar-refractivity contribution < 1.29 is 9.53 Å². The van der Waals surface area contributed by atoms with Crippen LogP contribution in [0.15, 0.2) is 18.2 Å². The number of nitrogens with zero attached hydrogens (tertiary/aromatic N) is 1. The van der Waals surface area contributed by atoms with E-state index in [0.717, 1.165) is 11.3 Å². The fourth-order valence-corrected chi connectivity index (χ4v) is 2.72. The van der Waals surface area contributed by atoms with Gasteiger partial charge in [0.1, 0.15) is 12.2 Å². The van der Waals surface area contributed by atoms with Gasteiger partial charge in [0.15, 0.2) is 0 Å². The molecular weight excluding hydrogens is 226 g/mol. The van der Waals surface area contributed by atoms with Crippen molar-refractivity contribution in [2.75, 3.05) is 4.90 Å². The van der Waals surface area contributed by atoms with Crippen LogP contribution >= 0.6 is 11.6 Å². The molecule has 0 aromatic heterocycles. The highest BCUT2D eigenvalue weighted by Gasteiger charge is 2.52. The molecule has 1 aromatic rings. The molecular formula is C12H12ClNO2. The van der Waals surface area contributed by atoms with E-state index in [4.69, 9.17) is 16.3 Å². The Kier molecular flexibility index (Phi) is 2.03. The molecule has 0 N–H and O–H groups in total. The highest BCUT2D eigenvalue weighted by Crippen LogP contribution is 2.51. The summed E-state index contributed by atoms with van der Waals surface area (Å²) in [6, 6.07) is 5.71. The molecule has 3 atom stereocenters. The van der Waals surface area contributed by atoms with Crippen molar-refractivity contribution in [2.24, 2.45) is 0 Å². The molecule has 0 spiro atoms. The number of anilines is 1. The maximum atomic E-state index is 11.7. The maximum Gasteiger partial charge on any atom is 0.224 e. The van der Waals surface area contributed by atoms with Gasteiger partial charge in [0.05, 0.1) is 11.7 Å². The molecule has 1 fully saturated rings. The van der Waals surface area contributed by atoms with E-state index in [1.807, 2.05) is 25.1 Å². The van der Waals surface area contributed by atoms with Crippen molar-refractivity contribution in [3.8, 4) is 0 Å². The number of benzene rings is 1. The average molecular weight is 238 g/mol. The molecule has 0 saturated carbocycles. The fourth-order valence-electron chi connectivity index (χ4n) is 2.54. The zero-order chi connectivity index (χ0) is 11.4. The summed E-state index contributed by atoms with van der Waals surface area (Å²) < 4.78 is 5.60. The number of hydrogen-bond donors (Lipinski definition) is 0. The highest BCUT2D eigenvalue weighted by molar-refractivity contribution is 6.30. The minimum absolute atomic E-state index is 0.0463. The summed E-state index contributed by atoms with van der Waals surface area (Å²) in [5, 5.41) is 0.686. The maximum absolute atomic E-state index is 11.7. The van der Waals surface area contributed by atoms with Crippen LogP contribution in [0.2, 0.25) is 5.02 Å². The van der Waals surface area contributed by atoms with Crippen molar-refractivity contribution in [3.05, 3.63) is 28.8 Å². The Bertz CT molecular complexity index is 474. The predicted octanol–water partition coefficient (Wildman–Crippen LogP) is 2.53. The number of amides is 1. The third kappa shape index (κ3) is 1.28. The average Bonchev–Trinajstić information content (AvgIpc) is 2.99. The number of halogens is 1. The monoisotopic (exact) mass is 237 g/mol. The van der Waals surface area contributed by atoms with Crippen LogP contribution in [-0.4, -0.2) is 18.1 Å². The van der Waals surface area contributed by atoms with Gasteiger partial charge in [-0.05, 0) is 25.1 Å². The normalized spacial score (nSPS) is 30.7. The third-order valence-corrected chi connectivity index (χ3v) is 3.54. The zero-order valence-corrected chi connectivity index (χ0v) is 9.86. The van der Waals surface area contributed by atoms with Gasteiger partial charge < -0.3 is 9.64 Å². The number of fused-ring (bicyclic) bond motifs is 3. The first-order chi connectivity index (χ1) is 7.59. The van der Waals surface area contributed by atoms with Crippen LogP contribution in [0.5, 0.6) is 0 Å². The largest absolute Gasteiger partial charge is 0.362 e. The molecule has 4 heteroatoms. The second-order valence-corrected chi connectivity index (χ2v) is 4.79. The number of carbonyl (C=O) groups is 1. The van der Waals surface area contributed by atoms with E-state index in [-0.39, 0.29) is 24.2 Å². The van der Waals surface area contributed by atoms with Gasteiger partial charge in [-0.25, -0.2) is 0 Å². The van der Waals surface area contributed by atoms with Crippen molar-refractivity contribution in [1.82, 2.24) is 0 Å². The Morgan fingerprint density at radius 1 is 1.50 bits per heavy atom. The Morgan fingerprint density at radius 2 is 2.25 bits per heavy atom. The van der Waals surface area contributed by atoms with Crippen LogP contribution in [0, 0.1) is 0 Å². The molecule has 0 radical (unpaired) electrons. The smallest absolute Gasteiger partial charge is 0.224 e.